The van der Waals surface area contributed by atoms with Gasteiger partial charge in [-0.2, -0.15) is 0 Å². The minimum Gasteiger partial charge on any atom is -0.478 e. The van der Waals surface area contributed by atoms with E-state index in [1.165, 1.54) is 5.57 Å². The third-order valence-electron chi connectivity index (χ3n) is 3.24. The molecular weight excluding hydrogens is 371 g/mol. The first kappa shape index (κ1) is 21.0. The normalized spacial score (nSPS) is 12.8. The van der Waals surface area contributed by atoms with Crippen LogP contribution in [0.2, 0.25) is 0 Å². The monoisotopic (exact) mass is 390 g/mol. The topological polar surface area (TPSA) is 46.5 Å². The van der Waals surface area contributed by atoms with Crippen molar-refractivity contribution in [2.45, 2.75) is 36.6 Å². The zero-order valence-electron chi connectivity index (χ0n) is 13.5. The number of carboxylic acids is 1. The molecule has 6 heteroatoms. The first-order chi connectivity index (χ1) is 11.3. The summed E-state index contributed by atoms with van der Waals surface area (Å²) in [6, 6.07) is 6.67. The molecule has 24 heavy (non-hydrogen) atoms. The van der Waals surface area contributed by atoms with Crippen molar-refractivity contribution in [3.63, 3.8) is 0 Å². The number of carbonyl (C=O) groups is 1. The van der Waals surface area contributed by atoms with Crippen LogP contribution in [0.25, 0.3) is 0 Å². The Morgan fingerprint density at radius 1 is 1.21 bits per heavy atom. The van der Waals surface area contributed by atoms with E-state index in [-0.39, 0.29) is 5.56 Å². The maximum atomic E-state index is 10.8. The smallest absolute Gasteiger partial charge is 0.335 e. The van der Waals surface area contributed by atoms with E-state index in [1.807, 2.05) is 25.2 Å². The van der Waals surface area contributed by atoms with Gasteiger partial charge in [0.2, 0.25) is 0 Å². The van der Waals surface area contributed by atoms with E-state index in [0.717, 1.165) is 18.4 Å². The summed E-state index contributed by atoms with van der Waals surface area (Å²) in [5.41, 5.74) is 2.45. The second kappa shape index (κ2) is 10.8. The average molecular weight is 392 g/mol. The summed E-state index contributed by atoms with van der Waals surface area (Å²) >= 11 is 17.0. The van der Waals surface area contributed by atoms with E-state index in [2.05, 4.69) is 0 Å². The fraction of sp³-hybridized carbons (Fsp3) is 0.389. The Kier molecular flexibility index (Phi) is 9.45. The van der Waals surface area contributed by atoms with Crippen molar-refractivity contribution in [3.05, 3.63) is 59.2 Å². The van der Waals surface area contributed by atoms with Crippen molar-refractivity contribution in [1.82, 2.24) is 0 Å². The van der Waals surface area contributed by atoms with E-state index in [0.29, 0.717) is 19.6 Å². The Morgan fingerprint density at radius 2 is 1.88 bits per heavy atom. The Hall–Kier alpha value is -1.000. The molecule has 0 spiro atoms. The molecule has 0 amide bonds. The molecule has 132 valence electrons. The molecule has 0 saturated heterocycles. The predicted molar refractivity (Wildman–Crippen MR) is 100 cm³/mol. The molecule has 0 radical (unpaired) electrons. The molecule has 0 atom stereocenters. The van der Waals surface area contributed by atoms with Crippen LogP contribution in [-0.4, -0.2) is 21.5 Å². The lowest BCUT2D eigenvalue weighted by Crippen LogP contribution is -1.98. The van der Waals surface area contributed by atoms with Gasteiger partial charge in [0.15, 0.2) is 3.79 Å². The minimum atomic E-state index is -1.22. The van der Waals surface area contributed by atoms with Crippen molar-refractivity contribution >= 4 is 40.8 Å². The zero-order valence-corrected chi connectivity index (χ0v) is 15.7. The number of aromatic carboxylic acids is 1. The summed E-state index contributed by atoms with van der Waals surface area (Å²) in [5, 5.41) is 8.83. The van der Waals surface area contributed by atoms with Crippen LogP contribution < -0.4 is 0 Å². The number of rotatable bonds is 9. The van der Waals surface area contributed by atoms with Gasteiger partial charge in [-0.25, -0.2) is 4.79 Å². The molecule has 3 nitrogen and oxygen atoms in total. The fourth-order valence-corrected chi connectivity index (χ4v) is 2.14. The molecule has 0 aliphatic carbocycles. The highest BCUT2D eigenvalue weighted by atomic mass is 35.6. The van der Waals surface area contributed by atoms with Crippen LogP contribution in [0, 0.1) is 0 Å². The standard InChI is InChI=1S/C18H21Cl3O3/c1-14(5-3-2-4-11-18(19,20)21)10-12-24-13-15-6-8-16(9-7-15)17(22)23/h2,4,6-10H,3,5,11-13H2,1H3,(H,22,23)/b4-2+,14-10+. The number of halogens is 3. The summed E-state index contributed by atoms with van der Waals surface area (Å²) in [7, 11) is 0. The van der Waals surface area contributed by atoms with Gasteiger partial charge >= 0.3 is 5.97 Å². The number of benzene rings is 1. The molecular formula is C18H21Cl3O3. The number of alkyl halides is 3. The second-order valence-electron chi connectivity index (χ2n) is 5.40. The van der Waals surface area contributed by atoms with Crippen LogP contribution in [0.15, 0.2) is 48.1 Å². The van der Waals surface area contributed by atoms with Gasteiger partial charge in [0.05, 0.1) is 18.8 Å². The summed E-state index contributed by atoms with van der Waals surface area (Å²) in [4.78, 5) is 10.8. The van der Waals surface area contributed by atoms with Crippen molar-refractivity contribution < 1.29 is 14.6 Å². The lowest BCUT2D eigenvalue weighted by molar-refractivity contribution is 0.0696. The number of allylic oxidation sites excluding steroid dienone is 3. The van der Waals surface area contributed by atoms with Gasteiger partial charge in [-0.05, 0) is 37.5 Å². The highest BCUT2D eigenvalue weighted by Gasteiger charge is 2.16. The van der Waals surface area contributed by atoms with Crippen LogP contribution in [0.4, 0.5) is 0 Å². The van der Waals surface area contributed by atoms with Gasteiger partial charge in [-0.15, -0.1) is 0 Å². The molecule has 1 aromatic carbocycles. The lowest BCUT2D eigenvalue weighted by atomic mass is 10.1. The van der Waals surface area contributed by atoms with Gasteiger partial charge in [0.1, 0.15) is 0 Å². The molecule has 0 aromatic heterocycles. The number of hydrogen-bond acceptors (Lipinski definition) is 2. The average Bonchev–Trinajstić information content (AvgIpc) is 2.50. The van der Waals surface area contributed by atoms with E-state index < -0.39 is 9.76 Å². The predicted octanol–water partition coefficient (Wildman–Crippen LogP) is 5.94. The van der Waals surface area contributed by atoms with E-state index >= 15 is 0 Å². The van der Waals surface area contributed by atoms with Crippen LogP contribution >= 0.6 is 34.8 Å². The zero-order chi connectivity index (χ0) is 18.0. The Bertz CT molecular complexity index is 572. The summed E-state index contributed by atoms with van der Waals surface area (Å²) in [5.74, 6) is -0.927. The fourth-order valence-electron chi connectivity index (χ4n) is 1.87. The number of hydrogen-bond donors (Lipinski definition) is 1. The molecule has 0 aliphatic heterocycles. The number of carboxylic acid groups (broad SMARTS) is 1. The van der Waals surface area contributed by atoms with Gasteiger partial charge in [0, 0.05) is 6.42 Å². The highest BCUT2D eigenvalue weighted by Crippen LogP contribution is 2.30. The Balaban J connectivity index is 2.22. The maximum absolute atomic E-state index is 10.8. The molecule has 1 N–H and O–H groups in total. The third-order valence-corrected chi connectivity index (χ3v) is 3.70. The summed E-state index contributed by atoms with van der Waals surface area (Å²) in [6.07, 6.45) is 8.13. The van der Waals surface area contributed by atoms with Crippen molar-refractivity contribution in [2.75, 3.05) is 6.61 Å². The second-order valence-corrected chi connectivity index (χ2v) is 7.91. The molecule has 1 aromatic rings. The Labute approximate surface area is 157 Å². The van der Waals surface area contributed by atoms with Gasteiger partial charge in [0.25, 0.3) is 0 Å². The van der Waals surface area contributed by atoms with E-state index in [4.69, 9.17) is 44.6 Å². The largest absolute Gasteiger partial charge is 0.478 e. The first-order valence-electron chi connectivity index (χ1n) is 7.55. The van der Waals surface area contributed by atoms with Crippen LogP contribution in [-0.2, 0) is 11.3 Å². The lowest BCUT2D eigenvalue weighted by Gasteiger charge is -2.05. The first-order valence-corrected chi connectivity index (χ1v) is 8.68. The Morgan fingerprint density at radius 3 is 2.46 bits per heavy atom. The van der Waals surface area contributed by atoms with Gasteiger partial charge in [-0.1, -0.05) is 70.7 Å². The summed E-state index contributed by atoms with van der Waals surface area (Å²) < 4.78 is 4.34. The minimum absolute atomic E-state index is 0.275. The number of ether oxygens (including phenoxy) is 1. The van der Waals surface area contributed by atoms with Crippen molar-refractivity contribution in [2.24, 2.45) is 0 Å². The molecule has 0 saturated carbocycles. The highest BCUT2D eigenvalue weighted by molar-refractivity contribution is 6.67. The van der Waals surface area contributed by atoms with Crippen molar-refractivity contribution in [1.29, 1.82) is 0 Å². The van der Waals surface area contributed by atoms with Crippen molar-refractivity contribution in [3.8, 4) is 0 Å². The SMILES string of the molecule is C/C(=C\COCc1ccc(C(=O)O)cc1)CC/C=C/CC(Cl)(Cl)Cl. The quantitative estimate of drug-likeness (QED) is 0.322. The molecule has 0 unspecified atom stereocenters. The maximum Gasteiger partial charge on any atom is 0.335 e. The van der Waals surface area contributed by atoms with Crippen LogP contribution in [0.3, 0.4) is 0 Å². The molecule has 0 aliphatic rings. The molecule has 1 rings (SSSR count). The van der Waals surface area contributed by atoms with Gasteiger partial charge < -0.3 is 9.84 Å². The van der Waals surface area contributed by atoms with E-state index in [1.54, 1.807) is 24.3 Å². The third kappa shape index (κ3) is 9.99. The van der Waals surface area contributed by atoms with E-state index in [9.17, 15) is 4.79 Å². The summed E-state index contributed by atoms with van der Waals surface area (Å²) in [6.45, 7) is 3.02. The molecule has 0 fully saturated rings. The van der Waals surface area contributed by atoms with Gasteiger partial charge in [-0.3, -0.25) is 0 Å². The molecule has 0 heterocycles. The van der Waals surface area contributed by atoms with Crippen LogP contribution in [0.1, 0.15) is 42.1 Å². The van der Waals surface area contributed by atoms with Crippen LogP contribution in [0.5, 0.6) is 0 Å². The molecule has 0 bridgehead atoms.